The highest BCUT2D eigenvalue weighted by Crippen LogP contribution is 2.29. The average molecular weight is 182 g/mol. The second-order valence-corrected chi connectivity index (χ2v) is 5.06. The van der Waals surface area contributed by atoms with Crippen molar-refractivity contribution >= 4 is 17.6 Å². The summed E-state index contributed by atoms with van der Waals surface area (Å²) in [7, 11) is 0. The quantitative estimate of drug-likeness (QED) is 0.643. The van der Waals surface area contributed by atoms with Gasteiger partial charge in [-0.05, 0) is 17.5 Å². The Balaban J connectivity index is 2.84. The molecule has 0 aliphatic heterocycles. The largest absolute Gasteiger partial charge is 0.303 e. The molecule has 0 saturated carbocycles. The Kier molecular flexibility index (Phi) is 2.68. The van der Waals surface area contributed by atoms with Gasteiger partial charge in [-0.15, -0.1) is 11.3 Å². The minimum atomic E-state index is 0.214. The van der Waals surface area contributed by atoms with Crippen LogP contribution >= 0.6 is 11.3 Å². The molecular weight excluding hydrogens is 168 g/mol. The highest BCUT2D eigenvalue weighted by Gasteiger charge is 2.15. The van der Waals surface area contributed by atoms with E-state index in [9.17, 15) is 4.79 Å². The zero-order chi connectivity index (χ0) is 9.19. The van der Waals surface area contributed by atoms with Gasteiger partial charge in [0.25, 0.3) is 0 Å². The number of rotatable bonds is 2. The van der Waals surface area contributed by atoms with Crippen molar-refractivity contribution in [1.29, 1.82) is 0 Å². The summed E-state index contributed by atoms with van der Waals surface area (Å²) in [5.74, 6) is 0. The first-order chi connectivity index (χ1) is 5.54. The Morgan fingerprint density at radius 1 is 1.42 bits per heavy atom. The van der Waals surface area contributed by atoms with Crippen LogP contribution in [0.4, 0.5) is 0 Å². The van der Waals surface area contributed by atoms with E-state index in [0.717, 1.165) is 11.2 Å². The van der Waals surface area contributed by atoms with E-state index in [-0.39, 0.29) is 5.41 Å². The van der Waals surface area contributed by atoms with E-state index in [1.807, 2.05) is 6.07 Å². The topological polar surface area (TPSA) is 17.1 Å². The van der Waals surface area contributed by atoms with Gasteiger partial charge in [0.05, 0.1) is 0 Å². The van der Waals surface area contributed by atoms with Crippen molar-refractivity contribution in [3.63, 3.8) is 0 Å². The van der Waals surface area contributed by atoms with Crippen molar-refractivity contribution in [3.05, 3.63) is 21.9 Å². The van der Waals surface area contributed by atoms with Crippen LogP contribution in [0.5, 0.6) is 0 Å². The molecule has 12 heavy (non-hydrogen) atoms. The van der Waals surface area contributed by atoms with Gasteiger partial charge in [0.2, 0.25) is 0 Å². The fourth-order valence-corrected chi connectivity index (χ4v) is 1.99. The molecule has 0 atom stereocenters. The predicted octanol–water partition coefficient (Wildman–Crippen LogP) is 2.79. The summed E-state index contributed by atoms with van der Waals surface area (Å²) in [5.41, 5.74) is 0.214. The highest BCUT2D eigenvalue weighted by atomic mass is 32.1. The lowest BCUT2D eigenvalue weighted by Crippen LogP contribution is -2.07. The lowest BCUT2D eigenvalue weighted by Gasteiger charge is -2.15. The summed E-state index contributed by atoms with van der Waals surface area (Å²) in [4.78, 5) is 12.7. The van der Waals surface area contributed by atoms with E-state index in [0.29, 0.717) is 6.42 Å². The molecule has 0 unspecified atom stereocenters. The van der Waals surface area contributed by atoms with Gasteiger partial charge < -0.3 is 4.79 Å². The molecule has 0 spiro atoms. The van der Waals surface area contributed by atoms with Crippen LogP contribution in [0.15, 0.2) is 12.1 Å². The highest BCUT2D eigenvalue weighted by molar-refractivity contribution is 7.12. The third-order valence-electron chi connectivity index (χ3n) is 1.69. The van der Waals surface area contributed by atoms with Crippen molar-refractivity contribution in [2.45, 2.75) is 32.6 Å². The molecule has 0 radical (unpaired) electrons. The molecule has 0 saturated heterocycles. The second kappa shape index (κ2) is 3.40. The summed E-state index contributed by atoms with van der Waals surface area (Å²) in [6.45, 7) is 6.55. The van der Waals surface area contributed by atoms with Gasteiger partial charge in [-0.3, -0.25) is 0 Å². The summed E-state index contributed by atoms with van der Waals surface area (Å²) in [6, 6.07) is 4.16. The van der Waals surface area contributed by atoms with Crippen LogP contribution in [0, 0.1) is 0 Å². The van der Waals surface area contributed by atoms with Crippen molar-refractivity contribution in [3.8, 4) is 0 Å². The maximum atomic E-state index is 10.2. The molecule has 1 aromatic rings. The zero-order valence-electron chi connectivity index (χ0n) is 7.76. The fraction of sp³-hybridized carbons (Fsp3) is 0.500. The number of hydrogen-bond donors (Lipinski definition) is 0. The van der Waals surface area contributed by atoms with Gasteiger partial charge in [0, 0.05) is 16.2 Å². The van der Waals surface area contributed by atoms with Gasteiger partial charge >= 0.3 is 0 Å². The minimum Gasteiger partial charge on any atom is -0.303 e. The van der Waals surface area contributed by atoms with Gasteiger partial charge in [0.1, 0.15) is 6.29 Å². The Morgan fingerprint density at radius 3 is 2.50 bits per heavy atom. The monoisotopic (exact) mass is 182 g/mol. The fourth-order valence-electron chi connectivity index (χ4n) is 0.973. The molecule has 0 N–H and O–H groups in total. The summed E-state index contributed by atoms with van der Waals surface area (Å²) >= 11 is 1.73. The third kappa shape index (κ3) is 2.18. The molecule has 2 heteroatoms. The SMILES string of the molecule is CC(C)(C)c1ccc(CC=O)s1. The van der Waals surface area contributed by atoms with E-state index < -0.39 is 0 Å². The van der Waals surface area contributed by atoms with Crippen molar-refractivity contribution in [2.75, 3.05) is 0 Å². The molecule has 0 bridgehead atoms. The molecule has 0 amide bonds. The molecule has 0 aromatic carbocycles. The number of hydrogen-bond acceptors (Lipinski definition) is 2. The van der Waals surface area contributed by atoms with Gasteiger partial charge in [-0.2, -0.15) is 0 Å². The van der Waals surface area contributed by atoms with Crippen LogP contribution in [-0.2, 0) is 16.6 Å². The van der Waals surface area contributed by atoms with Crippen LogP contribution in [0.25, 0.3) is 0 Å². The Labute approximate surface area is 77.4 Å². The van der Waals surface area contributed by atoms with Gasteiger partial charge in [-0.25, -0.2) is 0 Å². The summed E-state index contributed by atoms with van der Waals surface area (Å²) in [6.07, 6.45) is 1.51. The van der Waals surface area contributed by atoms with Crippen LogP contribution in [-0.4, -0.2) is 6.29 Å². The molecule has 66 valence electrons. The maximum Gasteiger partial charge on any atom is 0.125 e. The van der Waals surface area contributed by atoms with Crippen molar-refractivity contribution in [1.82, 2.24) is 0 Å². The van der Waals surface area contributed by atoms with Crippen LogP contribution in [0.2, 0.25) is 0 Å². The summed E-state index contributed by atoms with van der Waals surface area (Å²) in [5, 5.41) is 0. The second-order valence-electron chi connectivity index (χ2n) is 3.89. The van der Waals surface area contributed by atoms with E-state index in [4.69, 9.17) is 0 Å². The van der Waals surface area contributed by atoms with Crippen LogP contribution in [0.1, 0.15) is 30.5 Å². The minimum absolute atomic E-state index is 0.214. The normalized spacial score (nSPS) is 11.6. The molecule has 1 aromatic heterocycles. The summed E-state index contributed by atoms with van der Waals surface area (Å²) < 4.78 is 0. The van der Waals surface area contributed by atoms with Crippen molar-refractivity contribution < 1.29 is 4.79 Å². The molecule has 1 nitrogen and oxygen atoms in total. The Hall–Kier alpha value is -0.630. The molecule has 0 aliphatic carbocycles. The number of carbonyl (C=O) groups excluding carboxylic acids is 1. The Morgan fingerprint density at radius 2 is 2.08 bits per heavy atom. The lowest BCUT2D eigenvalue weighted by molar-refractivity contribution is -0.107. The number of thiophene rings is 1. The average Bonchev–Trinajstić information content (AvgIpc) is 2.35. The van der Waals surface area contributed by atoms with Crippen LogP contribution < -0.4 is 0 Å². The van der Waals surface area contributed by atoms with Crippen molar-refractivity contribution in [2.24, 2.45) is 0 Å². The first-order valence-electron chi connectivity index (χ1n) is 4.07. The molecule has 1 heterocycles. The standard InChI is InChI=1S/C10H14OS/c1-10(2,3)9-5-4-8(12-9)6-7-11/h4-5,7H,6H2,1-3H3. The zero-order valence-corrected chi connectivity index (χ0v) is 8.57. The number of carbonyl (C=O) groups is 1. The third-order valence-corrected chi connectivity index (χ3v) is 3.22. The smallest absolute Gasteiger partial charge is 0.125 e. The Bertz CT molecular complexity index is 268. The van der Waals surface area contributed by atoms with E-state index in [1.165, 1.54) is 4.88 Å². The first kappa shape index (κ1) is 9.46. The molecular formula is C10H14OS. The van der Waals surface area contributed by atoms with E-state index in [1.54, 1.807) is 11.3 Å². The molecule has 0 aliphatic rings. The molecule has 1 rings (SSSR count). The lowest BCUT2D eigenvalue weighted by atomic mass is 9.95. The van der Waals surface area contributed by atoms with Crippen LogP contribution in [0.3, 0.4) is 0 Å². The molecule has 0 fully saturated rings. The van der Waals surface area contributed by atoms with E-state index in [2.05, 4.69) is 26.8 Å². The predicted molar refractivity (Wildman–Crippen MR) is 52.8 cm³/mol. The number of aldehydes is 1. The first-order valence-corrected chi connectivity index (χ1v) is 4.88. The van der Waals surface area contributed by atoms with Gasteiger partial charge in [-0.1, -0.05) is 20.8 Å². The van der Waals surface area contributed by atoms with E-state index >= 15 is 0 Å². The van der Waals surface area contributed by atoms with Gasteiger partial charge in [0.15, 0.2) is 0 Å². The maximum absolute atomic E-state index is 10.2.